The van der Waals surface area contributed by atoms with Crippen LogP contribution in [0.3, 0.4) is 0 Å². The summed E-state index contributed by atoms with van der Waals surface area (Å²) in [5, 5.41) is 5.81. The van der Waals surface area contributed by atoms with Gasteiger partial charge in [-0.2, -0.15) is 0 Å². The Balaban J connectivity index is 1.39. The molecule has 6 nitrogen and oxygen atoms in total. The van der Waals surface area contributed by atoms with Crippen molar-refractivity contribution in [2.24, 2.45) is 0 Å². The standard InChI is InChI=1S/C23H20N6/c24-19-6-3-7-20(13-19)28-22-21-23(26-14-25-22)29(15-27-21)11-10-16-8-9-17-4-1-2-5-18(17)12-16/h1-9,12-15H,10-11,24H2,(H,25,26,28). The highest BCUT2D eigenvalue weighted by Crippen LogP contribution is 2.23. The number of benzene rings is 3. The summed E-state index contributed by atoms with van der Waals surface area (Å²) in [6, 6.07) is 22.6. The Labute approximate surface area is 168 Å². The van der Waals surface area contributed by atoms with Crippen LogP contribution in [0.1, 0.15) is 5.56 Å². The van der Waals surface area contributed by atoms with Crippen molar-refractivity contribution in [1.82, 2.24) is 19.5 Å². The van der Waals surface area contributed by atoms with Crippen LogP contribution in [0.2, 0.25) is 0 Å². The summed E-state index contributed by atoms with van der Waals surface area (Å²) in [7, 11) is 0. The molecule has 5 aromatic rings. The van der Waals surface area contributed by atoms with Gasteiger partial charge in [0.15, 0.2) is 17.0 Å². The number of aromatic nitrogens is 4. The number of hydrogen-bond acceptors (Lipinski definition) is 5. The molecule has 0 saturated carbocycles. The van der Waals surface area contributed by atoms with Crippen LogP contribution in [0.15, 0.2) is 79.4 Å². The number of nitrogen functional groups attached to an aromatic ring is 1. The first-order valence-corrected chi connectivity index (χ1v) is 9.52. The molecule has 0 amide bonds. The van der Waals surface area contributed by atoms with Gasteiger partial charge in [-0.3, -0.25) is 0 Å². The third-order valence-electron chi connectivity index (χ3n) is 5.01. The first-order valence-electron chi connectivity index (χ1n) is 9.52. The Hall–Kier alpha value is -3.93. The highest BCUT2D eigenvalue weighted by molar-refractivity contribution is 5.85. The maximum atomic E-state index is 5.87. The number of imidazole rings is 1. The van der Waals surface area contributed by atoms with Crippen LogP contribution < -0.4 is 11.1 Å². The Kier molecular flexibility index (Phi) is 4.29. The molecule has 6 heteroatoms. The molecule has 0 unspecified atom stereocenters. The van der Waals surface area contributed by atoms with Crippen LogP contribution in [0, 0.1) is 0 Å². The van der Waals surface area contributed by atoms with Crippen molar-refractivity contribution in [1.29, 1.82) is 0 Å². The van der Waals surface area contributed by atoms with Gasteiger partial charge in [0.05, 0.1) is 6.33 Å². The zero-order chi connectivity index (χ0) is 19.6. The fourth-order valence-corrected chi connectivity index (χ4v) is 3.53. The van der Waals surface area contributed by atoms with Gasteiger partial charge in [0.25, 0.3) is 0 Å². The largest absolute Gasteiger partial charge is 0.399 e. The third kappa shape index (κ3) is 3.48. The van der Waals surface area contributed by atoms with Gasteiger partial charge in [-0.05, 0) is 41.0 Å². The first kappa shape index (κ1) is 17.2. The zero-order valence-electron chi connectivity index (χ0n) is 15.8. The van der Waals surface area contributed by atoms with Gasteiger partial charge in [-0.15, -0.1) is 0 Å². The minimum atomic E-state index is 0.671. The van der Waals surface area contributed by atoms with Gasteiger partial charge in [0.2, 0.25) is 0 Å². The van der Waals surface area contributed by atoms with E-state index in [4.69, 9.17) is 5.73 Å². The SMILES string of the molecule is Nc1cccc(Nc2ncnc3c2ncn3CCc2ccc3ccccc3c2)c1. The number of aryl methyl sites for hydroxylation is 2. The number of fused-ring (bicyclic) bond motifs is 2. The molecule has 0 fully saturated rings. The second-order valence-electron chi connectivity index (χ2n) is 7.01. The predicted molar refractivity (Wildman–Crippen MR) is 117 cm³/mol. The molecule has 5 rings (SSSR count). The lowest BCUT2D eigenvalue weighted by Gasteiger charge is -2.08. The summed E-state index contributed by atoms with van der Waals surface area (Å²) in [4.78, 5) is 13.4. The van der Waals surface area contributed by atoms with Gasteiger partial charge in [0.1, 0.15) is 6.33 Å². The Bertz CT molecular complexity index is 1310. The van der Waals surface area contributed by atoms with Crippen LogP contribution in [0.5, 0.6) is 0 Å². The number of nitrogens with zero attached hydrogens (tertiary/aromatic N) is 4. The maximum Gasteiger partial charge on any atom is 0.165 e. The van der Waals surface area contributed by atoms with Crippen molar-refractivity contribution >= 4 is 39.1 Å². The highest BCUT2D eigenvalue weighted by atomic mass is 15.1. The van der Waals surface area contributed by atoms with Crippen LogP contribution in [-0.2, 0) is 13.0 Å². The minimum absolute atomic E-state index is 0.671. The van der Waals surface area contributed by atoms with Gasteiger partial charge < -0.3 is 15.6 Å². The average Bonchev–Trinajstić information content (AvgIpc) is 3.16. The van der Waals surface area contributed by atoms with Crippen LogP contribution in [0.4, 0.5) is 17.2 Å². The summed E-state index contributed by atoms with van der Waals surface area (Å²) in [6.07, 6.45) is 4.29. The lowest BCUT2D eigenvalue weighted by Crippen LogP contribution is -2.02. The molecule has 2 heterocycles. The molecule has 142 valence electrons. The van der Waals surface area contributed by atoms with Crippen molar-refractivity contribution in [2.45, 2.75) is 13.0 Å². The van der Waals surface area contributed by atoms with E-state index in [0.29, 0.717) is 11.5 Å². The van der Waals surface area contributed by atoms with Crippen LogP contribution in [0.25, 0.3) is 21.9 Å². The molecular formula is C23H20N6. The molecule has 0 aliphatic rings. The summed E-state index contributed by atoms with van der Waals surface area (Å²) < 4.78 is 2.07. The number of nitrogens with two attached hydrogens (primary N) is 1. The normalized spacial score (nSPS) is 11.2. The van der Waals surface area contributed by atoms with E-state index >= 15 is 0 Å². The van der Waals surface area contributed by atoms with E-state index in [1.54, 1.807) is 6.33 Å². The van der Waals surface area contributed by atoms with Gasteiger partial charge >= 0.3 is 0 Å². The Morgan fingerprint density at radius 2 is 1.76 bits per heavy atom. The topological polar surface area (TPSA) is 81.7 Å². The van der Waals surface area contributed by atoms with Crippen LogP contribution in [-0.4, -0.2) is 19.5 Å². The lowest BCUT2D eigenvalue weighted by atomic mass is 10.1. The number of hydrogen-bond donors (Lipinski definition) is 2. The molecule has 0 aliphatic carbocycles. The van der Waals surface area contributed by atoms with E-state index in [1.165, 1.54) is 16.3 Å². The predicted octanol–water partition coefficient (Wildman–Crippen LogP) is 4.55. The molecule has 0 atom stereocenters. The molecule has 0 bridgehead atoms. The summed E-state index contributed by atoms with van der Waals surface area (Å²) in [5.74, 6) is 0.671. The average molecular weight is 380 g/mol. The van der Waals surface area contributed by atoms with Crippen molar-refractivity contribution in [3.63, 3.8) is 0 Å². The molecule has 29 heavy (non-hydrogen) atoms. The van der Waals surface area contributed by atoms with E-state index in [-0.39, 0.29) is 0 Å². The number of anilines is 3. The van der Waals surface area contributed by atoms with Gasteiger partial charge in [0, 0.05) is 17.9 Å². The first-order chi connectivity index (χ1) is 14.3. The molecule has 2 aromatic heterocycles. The molecule has 0 spiro atoms. The molecule has 0 aliphatic heterocycles. The zero-order valence-corrected chi connectivity index (χ0v) is 15.8. The quantitative estimate of drug-likeness (QED) is 0.437. The summed E-state index contributed by atoms with van der Waals surface area (Å²) in [6.45, 7) is 0.795. The molecule has 3 aromatic carbocycles. The lowest BCUT2D eigenvalue weighted by molar-refractivity contribution is 0.709. The molecule has 0 radical (unpaired) electrons. The minimum Gasteiger partial charge on any atom is -0.399 e. The van der Waals surface area contributed by atoms with Crippen molar-refractivity contribution in [3.8, 4) is 0 Å². The van der Waals surface area contributed by atoms with Crippen molar-refractivity contribution in [2.75, 3.05) is 11.1 Å². The second-order valence-corrected chi connectivity index (χ2v) is 7.01. The fourth-order valence-electron chi connectivity index (χ4n) is 3.53. The molecular weight excluding hydrogens is 360 g/mol. The Morgan fingerprint density at radius 1 is 0.862 bits per heavy atom. The second kappa shape index (κ2) is 7.24. The monoisotopic (exact) mass is 380 g/mol. The van der Waals surface area contributed by atoms with E-state index in [0.717, 1.165) is 29.8 Å². The van der Waals surface area contributed by atoms with E-state index in [9.17, 15) is 0 Å². The van der Waals surface area contributed by atoms with Gasteiger partial charge in [-0.1, -0.05) is 48.5 Å². The van der Waals surface area contributed by atoms with Crippen molar-refractivity contribution < 1.29 is 0 Å². The molecule has 3 N–H and O–H groups in total. The van der Waals surface area contributed by atoms with E-state index in [2.05, 4.69) is 67.3 Å². The smallest absolute Gasteiger partial charge is 0.165 e. The van der Waals surface area contributed by atoms with Crippen molar-refractivity contribution in [3.05, 3.63) is 84.9 Å². The van der Waals surface area contributed by atoms with Gasteiger partial charge in [-0.25, -0.2) is 15.0 Å². The van der Waals surface area contributed by atoms with E-state index < -0.39 is 0 Å². The number of nitrogens with one attached hydrogen (secondary N) is 1. The summed E-state index contributed by atoms with van der Waals surface area (Å²) >= 11 is 0. The molecule has 0 saturated heterocycles. The maximum absolute atomic E-state index is 5.87. The number of rotatable bonds is 5. The van der Waals surface area contributed by atoms with E-state index in [1.807, 2.05) is 30.6 Å². The third-order valence-corrected chi connectivity index (χ3v) is 5.01. The van der Waals surface area contributed by atoms with Crippen LogP contribution >= 0.6 is 0 Å². The highest BCUT2D eigenvalue weighted by Gasteiger charge is 2.10. The fraction of sp³-hybridized carbons (Fsp3) is 0.0870. The Morgan fingerprint density at radius 3 is 2.66 bits per heavy atom. The summed E-state index contributed by atoms with van der Waals surface area (Å²) in [5.41, 5.74) is 10.3.